The molecule has 0 radical (unpaired) electrons. The number of aryl methyl sites for hydroxylation is 2. The van der Waals surface area contributed by atoms with E-state index in [1.54, 1.807) is 16.8 Å². The second-order valence-corrected chi connectivity index (χ2v) is 5.22. The van der Waals surface area contributed by atoms with Gasteiger partial charge in [-0.25, -0.2) is 9.07 Å². The van der Waals surface area contributed by atoms with Crippen LogP contribution in [0.15, 0.2) is 24.3 Å². The van der Waals surface area contributed by atoms with Crippen molar-refractivity contribution in [2.24, 2.45) is 0 Å². The highest BCUT2D eigenvalue weighted by Crippen LogP contribution is 2.17. The summed E-state index contributed by atoms with van der Waals surface area (Å²) in [5, 5.41) is 10.0. The smallest absolute Gasteiger partial charge is 0.251 e. The Morgan fingerprint density at radius 1 is 1.26 bits per heavy atom. The maximum atomic E-state index is 14.3. The summed E-state index contributed by atoms with van der Waals surface area (Å²) in [7, 11) is 1.86. The van der Waals surface area contributed by atoms with E-state index in [0.717, 1.165) is 24.4 Å². The fraction of sp³-hybridized carbons (Fsp3) is 0.375. The van der Waals surface area contributed by atoms with Crippen molar-refractivity contribution in [2.45, 2.75) is 20.3 Å². The Balaban J connectivity index is 0.00000264. The Hall–Kier alpha value is -1.92. The Kier molecular flexibility index (Phi) is 7.19. The van der Waals surface area contributed by atoms with Gasteiger partial charge in [-0.05, 0) is 58.1 Å². The van der Waals surface area contributed by atoms with Crippen LogP contribution in [-0.4, -0.2) is 35.8 Å². The summed E-state index contributed by atoms with van der Waals surface area (Å²) < 4.78 is 15.8. The molecule has 0 aliphatic heterocycles. The molecule has 0 fully saturated rings. The monoisotopic (exact) mass is 340 g/mol. The molecular weight excluding hydrogens is 319 g/mol. The van der Waals surface area contributed by atoms with Gasteiger partial charge >= 0.3 is 0 Å². The zero-order valence-corrected chi connectivity index (χ0v) is 14.3. The molecule has 2 N–H and O–H groups in total. The SMILES string of the molecule is CNCCCNC(=O)c1ccc(-n2nc(C)cc2C)c(F)c1.Cl. The van der Waals surface area contributed by atoms with Crippen LogP contribution in [0.2, 0.25) is 0 Å². The molecule has 5 nitrogen and oxygen atoms in total. The minimum absolute atomic E-state index is 0. The number of nitrogens with one attached hydrogen (secondary N) is 2. The normalized spacial score (nSPS) is 10.3. The number of carbonyl (C=O) groups is 1. The van der Waals surface area contributed by atoms with E-state index in [2.05, 4.69) is 15.7 Å². The van der Waals surface area contributed by atoms with Gasteiger partial charge in [0.25, 0.3) is 5.91 Å². The van der Waals surface area contributed by atoms with E-state index in [4.69, 9.17) is 0 Å². The Morgan fingerprint density at radius 2 is 2.00 bits per heavy atom. The molecule has 0 bridgehead atoms. The molecule has 7 heteroatoms. The number of benzene rings is 1. The molecule has 1 amide bonds. The molecule has 0 saturated carbocycles. The Labute approximate surface area is 141 Å². The molecule has 0 saturated heterocycles. The number of amides is 1. The molecule has 1 heterocycles. The molecule has 0 aliphatic carbocycles. The summed E-state index contributed by atoms with van der Waals surface area (Å²) in [6, 6.07) is 6.32. The number of aromatic nitrogens is 2. The third kappa shape index (κ3) is 4.77. The van der Waals surface area contributed by atoms with Crippen LogP contribution in [0.4, 0.5) is 4.39 Å². The molecule has 0 unspecified atom stereocenters. The topological polar surface area (TPSA) is 58.9 Å². The van der Waals surface area contributed by atoms with E-state index in [9.17, 15) is 9.18 Å². The van der Waals surface area contributed by atoms with Crippen molar-refractivity contribution in [1.29, 1.82) is 0 Å². The fourth-order valence-electron chi connectivity index (χ4n) is 2.26. The first-order chi connectivity index (χ1) is 10.5. The van der Waals surface area contributed by atoms with Crippen molar-refractivity contribution < 1.29 is 9.18 Å². The number of hydrogen-bond acceptors (Lipinski definition) is 3. The zero-order chi connectivity index (χ0) is 16.1. The lowest BCUT2D eigenvalue weighted by Crippen LogP contribution is -2.26. The van der Waals surface area contributed by atoms with Crippen molar-refractivity contribution in [2.75, 3.05) is 20.1 Å². The third-order valence-electron chi connectivity index (χ3n) is 3.34. The molecule has 2 aromatic rings. The van der Waals surface area contributed by atoms with Gasteiger partial charge in [0.1, 0.15) is 11.5 Å². The number of hydrogen-bond donors (Lipinski definition) is 2. The van der Waals surface area contributed by atoms with Crippen molar-refractivity contribution in [3.63, 3.8) is 0 Å². The standard InChI is InChI=1S/C16H21FN4O.ClH/c1-11-9-12(2)21(20-11)15-6-5-13(10-14(15)17)16(22)19-8-4-7-18-3;/h5-6,9-10,18H,4,7-8H2,1-3H3,(H,19,22);1H. The summed E-state index contributed by atoms with van der Waals surface area (Å²) in [5.74, 6) is -0.732. The first-order valence-electron chi connectivity index (χ1n) is 7.29. The van der Waals surface area contributed by atoms with Crippen molar-refractivity contribution in [3.05, 3.63) is 47.0 Å². The molecular formula is C16H22ClFN4O. The van der Waals surface area contributed by atoms with Crippen LogP contribution in [0.3, 0.4) is 0 Å². The molecule has 23 heavy (non-hydrogen) atoms. The van der Waals surface area contributed by atoms with Crippen molar-refractivity contribution >= 4 is 18.3 Å². The van der Waals surface area contributed by atoms with Crippen LogP contribution < -0.4 is 10.6 Å². The second kappa shape index (κ2) is 8.64. The summed E-state index contributed by atoms with van der Waals surface area (Å²) in [6.07, 6.45) is 0.828. The van der Waals surface area contributed by atoms with Crippen LogP contribution in [0.1, 0.15) is 28.2 Å². The minimum Gasteiger partial charge on any atom is -0.352 e. The van der Waals surface area contributed by atoms with Crippen LogP contribution >= 0.6 is 12.4 Å². The maximum Gasteiger partial charge on any atom is 0.251 e. The highest BCUT2D eigenvalue weighted by Gasteiger charge is 2.12. The summed E-state index contributed by atoms with van der Waals surface area (Å²) in [5.41, 5.74) is 2.33. The average Bonchev–Trinajstić information content (AvgIpc) is 2.82. The molecule has 0 atom stereocenters. The van der Waals surface area contributed by atoms with Gasteiger partial charge in [0, 0.05) is 17.8 Å². The predicted octanol–water partition coefficient (Wildman–Crippen LogP) is 2.39. The predicted molar refractivity (Wildman–Crippen MR) is 91.1 cm³/mol. The minimum atomic E-state index is -0.464. The molecule has 0 aliphatic rings. The zero-order valence-electron chi connectivity index (χ0n) is 13.5. The molecule has 2 rings (SSSR count). The summed E-state index contributed by atoms with van der Waals surface area (Å²) >= 11 is 0. The van der Waals surface area contributed by atoms with Crippen LogP contribution in [0.5, 0.6) is 0 Å². The van der Waals surface area contributed by atoms with Gasteiger partial charge in [-0.3, -0.25) is 4.79 Å². The second-order valence-electron chi connectivity index (χ2n) is 5.22. The van der Waals surface area contributed by atoms with Crippen LogP contribution in [-0.2, 0) is 0 Å². The number of halogens is 2. The summed E-state index contributed by atoms with van der Waals surface area (Å²) in [4.78, 5) is 12.0. The molecule has 1 aromatic carbocycles. The lowest BCUT2D eigenvalue weighted by Gasteiger charge is -2.09. The summed E-state index contributed by atoms with van der Waals surface area (Å²) in [6.45, 7) is 5.10. The fourth-order valence-corrected chi connectivity index (χ4v) is 2.26. The van der Waals surface area contributed by atoms with Crippen molar-refractivity contribution in [1.82, 2.24) is 20.4 Å². The van der Waals surface area contributed by atoms with Gasteiger partial charge in [-0.2, -0.15) is 5.10 Å². The Bertz CT molecular complexity index is 672. The average molecular weight is 341 g/mol. The highest BCUT2D eigenvalue weighted by molar-refractivity contribution is 5.94. The van der Waals surface area contributed by atoms with Gasteiger partial charge in [0.2, 0.25) is 0 Å². The van der Waals surface area contributed by atoms with Gasteiger partial charge < -0.3 is 10.6 Å². The Morgan fingerprint density at radius 3 is 2.57 bits per heavy atom. The first-order valence-corrected chi connectivity index (χ1v) is 7.29. The van der Waals surface area contributed by atoms with Crippen LogP contribution in [0, 0.1) is 19.7 Å². The largest absolute Gasteiger partial charge is 0.352 e. The van der Waals surface area contributed by atoms with Gasteiger partial charge in [0.05, 0.1) is 5.69 Å². The van der Waals surface area contributed by atoms with Crippen LogP contribution in [0.25, 0.3) is 5.69 Å². The number of nitrogens with zero attached hydrogens (tertiary/aromatic N) is 2. The highest BCUT2D eigenvalue weighted by atomic mass is 35.5. The molecule has 0 spiro atoms. The number of carbonyl (C=O) groups excluding carboxylic acids is 1. The van der Waals surface area contributed by atoms with Gasteiger partial charge in [0.15, 0.2) is 0 Å². The maximum absolute atomic E-state index is 14.3. The lowest BCUT2D eigenvalue weighted by molar-refractivity contribution is 0.0953. The first kappa shape index (κ1) is 19.1. The van der Waals surface area contributed by atoms with E-state index in [1.807, 2.05) is 27.0 Å². The van der Waals surface area contributed by atoms with E-state index in [1.165, 1.54) is 6.07 Å². The third-order valence-corrected chi connectivity index (χ3v) is 3.34. The quantitative estimate of drug-likeness (QED) is 0.794. The van der Waals surface area contributed by atoms with Crippen molar-refractivity contribution in [3.8, 4) is 5.69 Å². The molecule has 126 valence electrons. The number of rotatable bonds is 6. The van der Waals surface area contributed by atoms with Gasteiger partial charge in [-0.1, -0.05) is 0 Å². The van der Waals surface area contributed by atoms with E-state index < -0.39 is 5.82 Å². The van der Waals surface area contributed by atoms with E-state index in [-0.39, 0.29) is 18.3 Å². The lowest BCUT2D eigenvalue weighted by atomic mass is 10.1. The van der Waals surface area contributed by atoms with E-state index >= 15 is 0 Å². The van der Waals surface area contributed by atoms with E-state index in [0.29, 0.717) is 17.8 Å². The van der Waals surface area contributed by atoms with Gasteiger partial charge in [-0.15, -0.1) is 12.4 Å². The molecule has 1 aromatic heterocycles.